The van der Waals surface area contributed by atoms with Crippen LogP contribution in [-0.2, 0) is 0 Å². The fourth-order valence-corrected chi connectivity index (χ4v) is 117. The van der Waals surface area contributed by atoms with Crippen LogP contribution in [0.3, 0.4) is 0 Å². The van der Waals surface area contributed by atoms with Gasteiger partial charge in [0.05, 0.1) is 0 Å². The molecule has 95 unspecified atom stereocenters. The van der Waals surface area contributed by atoms with Gasteiger partial charge in [-0.3, -0.25) is 0 Å². The molecule has 75 aliphatic carbocycles. The molecule has 95 atom stereocenters. The van der Waals surface area contributed by atoms with Crippen LogP contribution in [0.15, 0.2) is 0 Å². The fraction of sp³-hybridized carbons (Fsp3) is 1.00. The van der Waals surface area contributed by atoms with Gasteiger partial charge in [0, 0.05) is 0 Å². The Balaban J connectivity index is 0.506. The predicted octanol–water partition coefficient (Wildman–Crippen LogP) is 8.01. The molecule has 0 amide bonds. The Hall–Kier alpha value is 0. The maximum absolute atomic E-state index is 1.97. The van der Waals surface area contributed by atoms with E-state index in [1.807, 2.05) is 32.1 Å². The van der Waals surface area contributed by atoms with Crippen molar-refractivity contribution in [2.24, 2.45) is 476 Å². The first-order valence-corrected chi connectivity index (χ1v) is 49.8. The van der Waals surface area contributed by atoms with Gasteiger partial charge in [0.1, 0.15) is 0 Å². The Kier molecular flexibility index (Phi) is 1.53. The second-order valence-corrected chi connectivity index (χ2v) is 66.4. The minimum absolute atomic E-state index is 1.06. The minimum atomic E-state index is 1.06. The Labute approximate surface area is 563 Å². The van der Waals surface area contributed by atoms with Crippen LogP contribution in [0, 0.1) is 536 Å². The number of fused-ring (bicyclic) bond motifs is 34. The Morgan fingerprint density at radius 1 is 0.150 bits per heavy atom. The summed E-state index contributed by atoms with van der Waals surface area (Å²) in [4.78, 5) is 0. The van der Waals surface area contributed by atoms with E-state index in [1.54, 1.807) is 0 Å². The number of hydrogen-bond acceptors (Lipinski definition) is 0. The largest absolute Gasteiger partial charge is 0.0464 e. The highest BCUT2D eigenvalue weighted by Crippen LogP contribution is 3.81. The highest BCUT2D eigenvalue weighted by atomic mass is 15.8. The molecule has 0 saturated heterocycles. The maximum atomic E-state index is 1.97. The topological polar surface area (TPSA) is 0 Å². The van der Waals surface area contributed by atoms with E-state index < -0.39 is 0 Å². The molecular weight excluding hydrogens is 1200 g/mol. The lowest BCUT2D eigenvalue weighted by molar-refractivity contribution is -1.14. The molecule has 0 heteroatoms. The molecule has 0 aliphatic heterocycles. The van der Waals surface area contributed by atoms with Crippen LogP contribution < -0.4 is 0 Å². The molecule has 0 aromatic carbocycles. The van der Waals surface area contributed by atoms with Gasteiger partial charge in [-0.2, -0.15) is 0 Å². The van der Waals surface area contributed by atoms with Crippen LogP contribution >= 0.6 is 0 Å². The third-order valence-electron chi connectivity index (χ3n) is 90.4. The maximum Gasteiger partial charge on any atom is -0.000715 e. The van der Waals surface area contributed by atoms with Gasteiger partial charge in [0.25, 0.3) is 0 Å². The van der Waals surface area contributed by atoms with Gasteiger partial charge in [-0.1, -0.05) is 0 Å². The Bertz CT molecular complexity index is 7910. The molecule has 452 valence electrons. The summed E-state index contributed by atoms with van der Waals surface area (Å²) < 4.78 is 0. The molecule has 0 heterocycles. The van der Waals surface area contributed by atoms with Crippen molar-refractivity contribution in [3.8, 4) is 0 Å². The van der Waals surface area contributed by atoms with Crippen molar-refractivity contribution >= 4 is 0 Å². The van der Waals surface area contributed by atoms with Crippen molar-refractivity contribution in [1.29, 1.82) is 0 Å². The molecule has 75 rings (SSSR count). The van der Waals surface area contributed by atoms with E-state index >= 15 is 0 Å². The number of hydrogen-bond donors (Lipinski definition) is 0. The van der Waals surface area contributed by atoms with Crippen molar-refractivity contribution in [3.63, 3.8) is 0 Å². The quantitative estimate of drug-likeness (QED) is 0.231. The zero-order valence-corrected chi connectivity index (χ0v) is 54.3. The van der Waals surface area contributed by atoms with Crippen LogP contribution in [0.25, 0.3) is 0 Å². The molecule has 0 radical (unpaired) electrons. The summed E-state index contributed by atoms with van der Waals surface area (Å²) in [5.41, 5.74) is 59.9. The predicted molar refractivity (Wildman–Crippen MR) is 308 cm³/mol. The molecular formula is C100H52. The fourth-order valence-electron chi connectivity index (χ4n) is 117. The van der Waals surface area contributed by atoms with Gasteiger partial charge >= 0.3 is 0 Å². The van der Waals surface area contributed by atoms with E-state index in [9.17, 15) is 0 Å². The van der Waals surface area contributed by atoms with Crippen LogP contribution in [0.2, 0.25) is 0 Å². The van der Waals surface area contributed by atoms with E-state index in [1.165, 1.54) is 249 Å². The Morgan fingerprint density at radius 3 is 0.770 bits per heavy atom. The Morgan fingerprint density at radius 2 is 0.400 bits per heavy atom. The molecule has 75 saturated carbocycles. The molecule has 0 aromatic heterocycles. The summed E-state index contributed by atoms with van der Waals surface area (Å²) in [5.74, 6) is 60.3. The van der Waals surface area contributed by atoms with E-state index in [0.29, 0.717) is 0 Å². The summed E-state index contributed by atoms with van der Waals surface area (Å²) in [6, 6.07) is 0. The third-order valence-corrected chi connectivity index (χ3v) is 90.4. The summed E-state index contributed by atoms with van der Waals surface area (Å²) in [6.45, 7) is 0. The average molecular weight is 1250 g/mol. The lowest BCUT2D eigenvalue weighted by Gasteiger charge is -3.71. The van der Waals surface area contributed by atoms with Gasteiger partial charge in [0.15, 0.2) is 0 Å². The standard InChI is InChI=1S/C100H52/c1-6-2-10-16-20-24-28-32-36-40-44-45-43-39-35-31-27-23-19-15-9-3-7-4-11-46-49(7,9)53(15)57(19)61(23)65(27)69(31)73(35)77(39)81(43)83(45)82(44)78(40)74(36)70(32)66(28)62(24)58(20)54(16)50(6,10)47-14-8(1)13-18-22-26-30-34-38-42-41-37-33-29-25-21-17-12-5-48(11)52(12)56(17)60(21)64(25)68(29)72(33)76(37)80(41)79(42)75(38)71(34)67(30)63(26)59(22)55(18)51(13,14)85(47,54)87(55,58)89(59,62)91(63,66)93(67,70)95(71,74)97(75,78)99(79,82)100(80,83)98(76,81)96(72,77)94(68,73)92(64,69)90(60,65)88(56,61)86(52,57)84(46,48)53/h6-47H,1-5H2. The minimum Gasteiger partial charge on any atom is -0.0464 e. The molecule has 53 spiro atoms. The first-order valence-electron chi connectivity index (χ1n) is 49.8. The zero-order valence-electron chi connectivity index (χ0n) is 54.3. The van der Waals surface area contributed by atoms with E-state index in [4.69, 9.17) is 0 Å². The monoisotopic (exact) mass is 1250 g/mol. The molecule has 0 aromatic rings. The van der Waals surface area contributed by atoms with Crippen molar-refractivity contribution in [2.75, 3.05) is 0 Å². The van der Waals surface area contributed by atoms with Crippen molar-refractivity contribution in [3.05, 3.63) is 59.6 Å². The van der Waals surface area contributed by atoms with Crippen LogP contribution in [0.4, 0.5) is 0 Å². The smallest absolute Gasteiger partial charge is 0.000715 e. The summed E-state index contributed by atoms with van der Waals surface area (Å²) in [5, 5.41) is 0. The lowest BCUT2D eigenvalue weighted by atomic mass is 8.31. The second kappa shape index (κ2) is 4.72. The van der Waals surface area contributed by atoms with Crippen LogP contribution in [-0.4, -0.2) is 0 Å². The van der Waals surface area contributed by atoms with Crippen LogP contribution in [0.5, 0.6) is 0 Å². The van der Waals surface area contributed by atoms with Gasteiger partial charge in [0.2, 0.25) is 0 Å². The lowest BCUT2D eigenvalue weighted by Crippen LogP contribution is -3.68. The van der Waals surface area contributed by atoms with E-state index in [-0.39, 0.29) is 0 Å². The van der Waals surface area contributed by atoms with E-state index in [2.05, 4.69) is 0 Å². The molecule has 75 aliphatic rings. The van der Waals surface area contributed by atoms with Crippen molar-refractivity contribution < 1.29 is 0 Å². The zero-order chi connectivity index (χ0) is 54.3. The first-order chi connectivity index (χ1) is 49.8. The van der Waals surface area contributed by atoms with Crippen LogP contribution in [0.1, 0.15) is 32.1 Å². The normalized spacial score (nSPS) is 148. The van der Waals surface area contributed by atoms with Gasteiger partial charge in [-0.25, -0.2) is 0 Å². The second-order valence-electron chi connectivity index (χ2n) is 66.4. The summed E-state index contributed by atoms with van der Waals surface area (Å²) in [6.07, 6.45) is 9.50. The van der Waals surface area contributed by atoms with Gasteiger partial charge < -0.3 is 0 Å². The molecule has 100 heavy (non-hydrogen) atoms. The van der Waals surface area contributed by atoms with E-state index in [0.717, 1.165) is 287 Å². The first kappa shape index (κ1) is 32.4. The molecule has 0 N–H and O–H groups in total. The third kappa shape index (κ3) is 0.659. The van der Waals surface area contributed by atoms with Crippen molar-refractivity contribution in [2.45, 2.75) is 32.1 Å². The van der Waals surface area contributed by atoms with Crippen molar-refractivity contribution in [1.82, 2.24) is 0 Å². The number of rotatable bonds is 0. The average Bonchev–Trinajstić information content (AvgIpc) is 0.420. The van der Waals surface area contributed by atoms with Gasteiger partial charge in [-0.15, -0.1) is 0 Å². The molecule has 0 bridgehead atoms. The summed E-state index contributed by atoms with van der Waals surface area (Å²) >= 11 is 0. The SMILES string of the molecule is C1C2CC3C4C25C1C1C2C6C7C8C9C%10C%11C%12C%13C%14C%15C%16C%17C%18C%19C%20C%21CC%22CC%23C%24C%25C%22%21C%20%21C%25%20C%24%22C%23C%23C%24C%25C%26C%27C%28C%29C%30C%31C%32C%33C%34C%35C%36C%37CC3%38C43C15C21C62C74C85C96C%107C%118C%129C%13%10C%14%11C%15%12C%16%13C%17%14C%18%15C%19%21C%20%16C%23%22C%24%17C%25%18C%26%19C%27%20C%28%21C%29%22C%30%23C%31%24C%32%25C%33%26C%34%27C%35%28C%36%29C%37%38C31C%292C%284C%275C%266C%257C%248C%239C%22%10C%21%11C%20%12C%19%13C%18%14C%17%15%16. The highest BCUT2D eigenvalue weighted by molar-refractivity contribution is 6.51. The molecule has 0 nitrogen and oxygen atoms in total. The molecule has 75 fully saturated rings. The highest BCUT2D eigenvalue weighted by Gasteiger charge is 3.78. The summed E-state index contributed by atoms with van der Waals surface area (Å²) in [7, 11) is 0. The van der Waals surface area contributed by atoms with Gasteiger partial charge in [-0.05, 0) is 568 Å².